The van der Waals surface area contributed by atoms with E-state index < -0.39 is 54.5 Å². The number of phenols is 3. The normalized spacial score (nSPS) is 28.1. The van der Waals surface area contributed by atoms with Crippen LogP contribution in [0.5, 0.6) is 17.2 Å². The summed E-state index contributed by atoms with van der Waals surface area (Å²) in [5.41, 5.74) is 0.780. The minimum absolute atomic E-state index is 0.0539. The molecule has 0 bridgehead atoms. The van der Waals surface area contributed by atoms with Crippen LogP contribution in [0.4, 0.5) is 0 Å². The zero-order chi connectivity index (χ0) is 34.4. The third-order valence-electron chi connectivity index (χ3n) is 7.80. The molecule has 8 atom stereocenters. The van der Waals surface area contributed by atoms with Crippen LogP contribution in [-0.2, 0) is 28.4 Å². The van der Waals surface area contributed by atoms with Crippen LogP contribution in [0.1, 0.15) is 31.1 Å². The van der Waals surface area contributed by atoms with Crippen LogP contribution in [0.3, 0.4) is 0 Å². The van der Waals surface area contributed by atoms with Gasteiger partial charge in [-0.3, -0.25) is 0 Å². The first kappa shape index (κ1) is 34.6. The number of aliphatic hydroxyl groups excluding tert-OH is 2. The molecule has 7 rings (SSSR count). The first-order valence-corrected chi connectivity index (χ1v) is 14.8. The van der Waals surface area contributed by atoms with Crippen LogP contribution in [0.15, 0.2) is 72.8 Å². The molecule has 0 unspecified atom stereocenters. The number of esters is 2. The van der Waals surface area contributed by atoms with Gasteiger partial charge < -0.3 is 59.1 Å². The highest BCUT2D eigenvalue weighted by Gasteiger charge is 2.51. The molecule has 0 aromatic heterocycles. The average molecular weight is 671 g/mol. The number of rotatable bonds is 5. The fourth-order valence-electron chi connectivity index (χ4n) is 5.30. The van der Waals surface area contributed by atoms with Crippen LogP contribution in [0, 0.1) is 0 Å². The molecule has 15 nitrogen and oxygen atoms in total. The molecule has 6 N–H and O–H groups in total. The molecule has 4 fully saturated rings. The number of aromatic carboxylic acids is 1. The minimum atomic E-state index is -0.986. The van der Waals surface area contributed by atoms with E-state index in [4.69, 9.17) is 48.8 Å². The van der Waals surface area contributed by atoms with E-state index in [1.165, 1.54) is 72.8 Å². The molecule has 0 spiro atoms. The topological polar surface area (TPSA) is 228 Å². The van der Waals surface area contributed by atoms with Gasteiger partial charge in [-0.2, -0.15) is 0 Å². The van der Waals surface area contributed by atoms with Crippen LogP contribution < -0.4 is 0 Å². The van der Waals surface area contributed by atoms with Crippen molar-refractivity contribution in [3.05, 3.63) is 89.5 Å². The Morgan fingerprint density at radius 1 is 0.500 bits per heavy atom. The van der Waals surface area contributed by atoms with Gasteiger partial charge in [0.2, 0.25) is 0 Å². The maximum Gasteiger partial charge on any atom is 0.338 e. The molecule has 4 aliphatic heterocycles. The van der Waals surface area contributed by atoms with Crippen LogP contribution in [0.2, 0.25) is 0 Å². The monoisotopic (exact) mass is 670 g/mol. The van der Waals surface area contributed by atoms with E-state index in [2.05, 4.69) is 0 Å². The lowest BCUT2D eigenvalue weighted by molar-refractivity contribution is -0.0287. The number of carboxylic acids is 1. The van der Waals surface area contributed by atoms with Gasteiger partial charge in [0, 0.05) is 0 Å². The van der Waals surface area contributed by atoms with Gasteiger partial charge >= 0.3 is 17.9 Å². The van der Waals surface area contributed by atoms with Gasteiger partial charge in [-0.05, 0) is 72.8 Å². The summed E-state index contributed by atoms with van der Waals surface area (Å²) in [6, 6.07) is 16.8. The lowest BCUT2D eigenvalue weighted by atomic mass is 10.1. The Balaban J connectivity index is 0.000000182. The summed E-state index contributed by atoms with van der Waals surface area (Å²) in [6.07, 6.45) is -4.00. The number of phenolic OH excluding ortho intramolecular Hbond substituents is 3. The second-order valence-corrected chi connectivity index (χ2v) is 11.2. The maximum absolute atomic E-state index is 12.3. The summed E-state index contributed by atoms with van der Waals surface area (Å²) in [6.45, 7) is 0.831. The summed E-state index contributed by atoms with van der Waals surface area (Å²) in [7, 11) is 0. The number of benzene rings is 3. The third-order valence-corrected chi connectivity index (χ3v) is 7.80. The number of carbonyl (C=O) groups is 3. The average Bonchev–Trinajstić information content (AvgIpc) is 3.85. The van der Waals surface area contributed by atoms with E-state index in [1.54, 1.807) is 0 Å². The van der Waals surface area contributed by atoms with Gasteiger partial charge in [0.15, 0.2) is 12.2 Å². The summed E-state index contributed by atoms with van der Waals surface area (Å²) in [4.78, 5) is 34.7. The van der Waals surface area contributed by atoms with Gasteiger partial charge in [0.25, 0.3) is 0 Å². The molecular weight excluding hydrogens is 636 g/mol. The first-order valence-electron chi connectivity index (χ1n) is 14.8. The molecule has 3 aromatic carbocycles. The van der Waals surface area contributed by atoms with Crippen LogP contribution in [-0.4, -0.2) is 124 Å². The van der Waals surface area contributed by atoms with E-state index in [-0.39, 0.29) is 61.4 Å². The molecule has 15 heteroatoms. The number of fused-ring (bicyclic) bond motifs is 2. The van der Waals surface area contributed by atoms with Crippen molar-refractivity contribution in [2.24, 2.45) is 0 Å². The van der Waals surface area contributed by atoms with Gasteiger partial charge in [-0.1, -0.05) is 0 Å². The molecular formula is C33H34O15. The zero-order valence-electron chi connectivity index (χ0n) is 25.2. The molecule has 48 heavy (non-hydrogen) atoms. The largest absolute Gasteiger partial charge is 0.508 e. The highest BCUT2D eigenvalue weighted by Crippen LogP contribution is 2.32. The number of ether oxygens (including phenoxy) is 6. The molecule has 256 valence electrons. The van der Waals surface area contributed by atoms with Crippen molar-refractivity contribution in [2.75, 3.05) is 26.4 Å². The van der Waals surface area contributed by atoms with Crippen molar-refractivity contribution in [3.8, 4) is 17.2 Å². The highest BCUT2D eigenvalue weighted by molar-refractivity contribution is 5.90. The molecule has 4 aliphatic rings. The van der Waals surface area contributed by atoms with Crippen molar-refractivity contribution in [1.29, 1.82) is 0 Å². The molecule has 0 saturated carbocycles. The predicted octanol–water partition coefficient (Wildman–Crippen LogP) is 1.24. The summed E-state index contributed by atoms with van der Waals surface area (Å²) in [5, 5.41) is 54.0. The molecule has 3 aromatic rings. The molecule has 0 radical (unpaired) electrons. The van der Waals surface area contributed by atoms with Crippen molar-refractivity contribution in [3.63, 3.8) is 0 Å². The maximum atomic E-state index is 12.3. The van der Waals surface area contributed by atoms with E-state index in [9.17, 15) is 24.6 Å². The Morgan fingerprint density at radius 3 is 1.15 bits per heavy atom. The quantitative estimate of drug-likeness (QED) is 0.210. The fraction of sp³-hybridized carbons (Fsp3) is 0.364. The number of hydrogen-bond donors (Lipinski definition) is 6. The van der Waals surface area contributed by atoms with Crippen LogP contribution >= 0.6 is 0 Å². The number of hydrogen-bond acceptors (Lipinski definition) is 14. The molecule has 0 amide bonds. The van der Waals surface area contributed by atoms with Crippen molar-refractivity contribution in [1.82, 2.24) is 0 Å². The SMILES string of the molecule is O=C(O)c1ccc(O)cc1.O=C(O[C@H]1CO[C@H]2[C@@H]1OC[C@H]2OC(=O)c1ccc(O)cc1)c1ccc(O)cc1.O[C@@H]1CO[C@H]2[C@@H]1OC[C@@H]2O. The molecule has 4 heterocycles. The van der Waals surface area contributed by atoms with Crippen molar-refractivity contribution in [2.45, 2.75) is 48.8 Å². The molecule has 4 saturated heterocycles. The number of carbonyl (C=O) groups excluding carboxylic acids is 2. The van der Waals surface area contributed by atoms with Crippen molar-refractivity contribution < 1.29 is 73.4 Å². The van der Waals surface area contributed by atoms with Gasteiger partial charge in [-0.15, -0.1) is 0 Å². The minimum Gasteiger partial charge on any atom is -0.508 e. The van der Waals surface area contributed by atoms with E-state index in [0.29, 0.717) is 11.1 Å². The number of carboxylic acid groups (broad SMARTS) is 1. The van der Waals surface area contributed by atoms with Gasteiger partial charge in [0.1, 0.15) is 53.9 Å². The summed E-state index contributed by atoms with van der Waals surface area (Å²) >= 11 is 0. The van der Waals surface area contributed by atoms with Gasteiger partial charge in [-0.25, -0.2) is 14.4 Å². The van der Waals surface area contributed by atoms with Crippen molar-refractivity contribution >= 4 is 17.9 Å². The second kappa shape index (κ2) is 15.4. The smallest absolute Gasteiger partial charge is 0.338 e. The Kier molecular flexibility index (Phi) is 11.1. The van der Waals surface area contributed by atoms with Gasteiger partial charge in [0.05, 0.1) is 43.1 Å². The highest BCUT2D eigenvalue weighted by atomic mass is 16.7. The Morgan fingerprint density at radius 2 is 0.812 bits per heavy atom. The summed E-state index contributed by atoms with van der Waals surface area (Å²) in [5.74, 6) is -1.91. The van der Waals surface area contributed by atoms with E-state index in [0.717, 1.165) is 0 Å². The van der Waals surface area contributed by atoms with E-state index >= 15 is 0 Å². The standard InChI is InChI=1S/C20H18O8.C7H6O3.C6H10O4/c21-13-5-1-11(2-6-13)19(23)27-15-9-25-18-16(10-26-17(15)18)28-20(24)12-3-7-14(22)8-4-12;8-6-3-1-5(2-4-6)7(9)10;7-3-1-9-6-4(8)2-10-5(3)6/h1-8,15-18,21-22H,9-10H2;1-4,8H,(H,9,10);3-8H,1-2H2/t15-,16+,17-,18-;;3-,4+,5-,6-/m1.1/s1. The number of aliphatic hydroxyl groups is 2. The van der Waals surface area contributed by atoms with Crippen LogP contribution in [0.25, 0.3) is 0 Å². The summed E-state index contributed by atoms with van der Waals surface area (Å²) < 4.78 is 32.4. The number of aromatic hydroxyl groups is 3. The lowest BCUT2D eigenvalue weighted by Crippen LogP contribution is -2.36. The van der Waals surface area contributed by atoms with E-state index in [1.807, 2.05) is 0 Å². The lowest BCUT2D eigenvalue weighted by Gasteiger charge is -2.17. The second-order valence-electron chi connectivity index (χ2n) is 11.2. The first-order chi connectivity index (χ1) is 23.0. The predicted molar refractivity (Wildman–Crippen MR) is 161 cm³/mol. The third kappa shape index (κ3) is 8.38. The Bertz CT molecular complexity index is 1450. The fourth-order valence-corrected chi connectivity index (χ4v) is 5.30. The Hall–Kier alpha value is -4.77. The molecule has 0 aliphatic carbocycles. The zero-order valence-corrected chi connectivity index (χ0v) is 25.2. The Labute approximate surface area is 273 Å².